The number of Topliss-reactive ketones (excluding diaryl/α,β-unsaturated/α-hetero) is 1. The summed E-state index contributed by atoms with van der Waals surface area (Å²) in [6, 6.07) is 0. The maximum atomic E-state index is 11.4. The third kappa shape index (κ3) is 0.639. The van der Waals surface area contributed by atoms with Gasteiger partial charge in [0.25, 0.3) is 0 Å². The molecule has 0 spiro atoms. The normalized spacial score (nSPS) is 55.5. The zero-order chi connectivity index (χ0) is 8.28. The van der Waals surface area contributed by atoms with Crippen molar-refractivity contribution in [3.8, 4) is 0 Å². The molecule has 0 aromatic heterocycles. The number of fused-ring (bicyclic) bond motifs is 2. The van der Waals surface area contributed by atoms with E-state index < -0.39 is 5.60 Å². The van der Waals surface area contributed by atoms with Crippen molar-refractivity contribution in [2.45, 2.75) is 38.7 Å². The molecule has 3 atom stereocenters. The summed E-state index contributed by atoms with van der Waals surface area (Å²) in [7, 11) is 0. The highest BCUT2D eigenvalue weighted by Crippen LogP contribution is 2.57. The first-order valence-corrected chi connectivity index (χ1v) is 4.24. The van der Waals surface area contributed by atoms with Crippen LogP contribution in [0.3, 0.4) is 0 Å². The van der Waals surface area contributed by atoms with Crippen LogP contribution in [0, 0.1) is 11.3 Å². The fourth-order valence-electron chi connectivity index (χ4n) is 2.60. The Kier molecular flexibility index (Phi) is 1.12. The number of carbonyl (C=O) groups is 1. The maximum Gasteiger partial charge on any atom is 0.167 e. The average molecular weight is 154 g/mol. The number of carbonyl (C=O) groups excluding carboxylic acids is 1. The molecule has 0 amide bonds. The van der Waals surface area contributed by atoms with Crippen LogP contribution in [0.25, 0.3) is 0 Å². The summed E-state index contributed by atoms with van der Waals surface area (Å²) in [5, 5.41) is 9.86. The average Bonchev–Trinajstić information content (AvgIpc) is 2.36. The third-order valence-electron chi connectivity index (χ3n) is 3.77. The topological polar surface area (TPSA) is 37.3 Å². The molecule has 2 nitrogen and oxygen atoms in total. The molecule has 2 aliphatic carbocycles. The van der Waals surface area contributed by atoms with Gasteiger partial charge >= 0.3 is 0 Å². The van der Waals surface area contributed by atoms with E-state index in [1.54, 1.807) is 6.92 Å². The number of hydrogen-bond acceptors (Lipinski definition) is 2. The molecule has 2 aliphatic rings. The molecular formula is C9H14O2. The van der Waals surface area contributed by atoms with Gasteiger partial charge in [0.2, 0.25) is 0 Å². The van der Waals surface area contributed by atoms with E-state index >= 15 is 0 Å². The van der Waals surface area contributed by atoms with Crippen LogP contribution >= 0.6 is 0 Å². The smallest absolute Gasteiger partial charge is 0.167 e. The number of aliphatic hydroxyl groups is 1. The van der Waals surface area contributed by atoms with Crippen LogP contribution in [0.1, 0.15) is 33.1 Å². The van der Waals surface area contributed by atoms with Crippen LogP contribution in [-0.2, 0) is 4.79 Å². The van der Waals surface area contributed by atoms with Crippen LogP contribution < -0.4 is 0 Å². The molecule has 1 N–H and O–H groups in total. The zero-order valence-corrected chi connectivity index (χ0v) is 7.05. The molecule has 0 aliphatic heterocycles. The van der Waals surface area contributed by atoms with Gasteiger partial charge in [0.15, 0.2) is 5.78 Å². The molecule has 2 heteroatoms. The molecule has 11 heavy (non-hydrogen) atoms. The number of hydrogen-bond donors (Lipinski definition) is 1. The van der Waals surface area contributed by atoms with E-state index in [4.69, 9.17) is 0 Å². The first-order valence-electron chi connectivity index (χ1n) is 4.24. The van der Waals surface area contributed by atoms with Crippen LogP contribution in [0.4, 0.5) is 0 Å². The minimum Gasteiger partial charge on any atom is -0.382 e. The Morgan fingerprint density at radius 2 is 2.18 bits per heavy atom. The molecule has 2 fully saturated rings. The lowest BCUT2D eigenvalue weighted by atomic mass is 9.73. The molecular weight excluding hydrogens is 140 g/mol. The summed E-state index contributed by atoms with van der Waals surface area (Å²) >= 11 is 0. The van der Waals surface area contributed by atoms with E-state index in [0.29, 0.717) is 0 Å². The Morgan fingerprint density at radius 1 is 1.55 bits per heavy atom. The lowest BCUT2D eigenvalue weighted by molar-refractivity contribution is -0.145. The molecule has 3 unspecified atom stereocenters. The molecule has 0 heterocycles. The van der Waals surface area contributed by atoms with Crippen LogP contribution in [0.2, 0.25) is 0 Å². The Balaban J connectivity index is 2.44. The molecule has 62 valence electrons. The monoisotopic (exact) mass is 154 g/mol. The lowest BCUT2D eigenvalue weighted by Crippen LogP contribution is -2.46. The Labute approximate surface area is 66.6 Å². The Bertz CT molecular complexity index is 220. The van der Waals surface area contributed by atoms with Gasteiger partial charge in [-0.15, -0.1) is 0 Å². The second-order valence-electron chi connectivity index (χ2n) is 4.44. The van der Waals surface area contributed by atoms with Crippen molar-refractivity contribution >= 4 is 5.78 Å². The van der Waals surface area contributed by atoms with E-state index in [2.05, 4.69) is 0 Å². The molecule has 0 aromatic carbocycles. The van der Waals surface area contributed by atoms with Crippen LogP contribution in [0.15, 0.2) is 0 Å². The van der Waals surface area contributed by atoms with Gasteiger partial charge in [0, 0.05) is 11.3 Å². The summed E-state index contributed by atoms with van der Waals surface area (Å²) in [6.45, 7) is 3.70. The van der Waals surface area contributed by atoms with Gasteiger partial charge in [-0.3, -0.25) is 4.79 Å². The zero-order valence-electron chi connectivity index (χ0n) is 7.05. The second kappa shape index (κ2) is 1.69. The van der Waals surface area contributed by atoms with Gasteiger partial charge in [-0.05, 0) is 26.2 Å². The van der Waals surface area contributed by atoms with Gasteiger partial charge in [-0.25, -0.2) is 0 Å². The van der Waals surface area contributed by atoms with Crippen molar-refractivity contribution in [2.24, 2.45) is 11.3 Å². The molecule has 2 saturated carbocycles. The standard InChI is InChI=1S/C9H14O2/c1-8-4-3-6(5-8)7(10)9(8,2)11/h6,11H,3-5H2,1-2H3. The van der Waals surface area contributed by atoms with Gasteiger partial charge in [0.05, 0.1) is 0 Å². The Morgan fingerprint density at radius 3 is 2.45 bits per heavy atom. The minimum absolute atomic E-state index is 0.0752. The highest BCUT2D eigenvalue weighted by Gasteiger charge is 2.61. The molecule has 0 aromatic rings. The first-order chi connectivity index (χ1) is 4.97. The van der Waals surface area contributed by atoms with Gasteiger partial charge in [-0.1, -0.05) is 6.92 Å². The Hall–Kier alpha value is -0.370. The maximum absolute atomic E-state index is 11.4. The molecule has 2 bridgehead atoms. The van der Waals surface area contributed by atoms with Gasteiger partial charge < -0.3 is 5.11 Å². The van der Waals surface area contributed by atoms with Crippen LogP contribution in [0.5, 0.6) is 0 Å². The van der Waals surface area contributed by atoms with Gasteiger partial charge in [0.1, 0.15) is 5.60 Å². The van der Waals surface area contributed by atoms with Crippen molar-refractivity contribution in [1.82, 2.24) is 0 Å². The summed E-state index contributed by atoms with van der Waals surface area (Å²) < 4.78 is 0. The number of rotatable bonds is 0. The minimum atomic E-state index is -1.03. The lowest BCUT2D eigenvalue weighted by Gasteiger charge is -2.35. The fraction of sp³-hybridized carbons (Fsp3) is 0.889. The SMILES string of the molecule is CC12CCC(C1)C(=O)C2(C)O. The van der Waals surface area contributed by atoms with Crippen molar-refractivity contribution in [3.05, 3.63) is 0 Å². The highest BCUT2D eigenvalue weighted by molar-refractivity contribution is 5.93. The summed E-state index contributed by atoms with van der Waals surface area (Å²) in [6.07, 6.45) is 2.90. The predicted octanol–water partition coefficient (Wildman–Crippen LogP) is 1.13. The third-order valence-corrected chi connectivity index (χ3v) is 3.77. The number of ketones is 1. The van der Waals surface area contributed by atoms with Crippen molar-refractivity contribution in [1.29, 1.82) is 0 Å². The predicted molar refractivity (Wildman–Crippen MR) is 41.1 cm³/mol. The second-order valence-corrected chi connectivity index (χ2v) is 4.44. The summed E-state index contributed by atoms with van der Waals surface area (Å²) in [5.74, 6) is 0.237. The van der Waals surface area contributed by atoms with E-state index in [0.717, 1.165) is 19.3 Å². The summed E-state index contributed by atoms with van der Waals surface area (Å²) in [4.78, 5) is 11.4. The fourth-order valence-corrected chi connectivity index (χ4v) is 2.60. The van der Waals surface area contributed by atoms with E-state index in [1.807, 2.05) is 6.92 Å². The summed E-state index contributed by atoms with van der Waals surface area (Å²) in [5.41, 5.74) is -1.15. The quantitative estimate of drug-likeness (QED) is 0.568. The largest absolute Gasteiger partial charge is 0.382 e. The molecule has 0 saturated heterocycles. The van der Waals surface area contributed by atoms with E-state index in [-0.39, 0.29) is 17.1 Å². The van der Waals surface area contributed by atoms with Crippen molar-refractivity contribution in [3.63, 3.8) is 0 Å². The van der Waals surface area contributed by atoms with Crippen molar-refractivity contribution in [2.75, 3.05) is 0 Å². The van der Waals surface area contributed by atoms with Crippen molar-refractivity contribution < 1.29 is 9.90 Å². The molecule has 2 rings (SSSR count). The van der Waals surface area contributed by atoms with Crippen LogP contribution in [-0.4, -0.2) is 16.5 Å². The van der Waals surface area contributed by atoms with Gasteiger partial charge in [-0.2, -0.15) is 0 Å². The molecule has 0 radical (unpaired) electrons. The van der Waals surface area contributed by atoms with E-state index in [1.165, 1.54) is 0 Å². The first kappa shape index (κ1) is 7.29. The van der Waals surface area contributed by atoms with E-state index in [9.17, 15) is 9.90 Å². The highest BCUT2D eigenvalue weighted by atomic mass is 16.3.